The fraction of sp³-hybridized carbons (Fsp3) is 0.582. The maximum absolute atomic E-state index is 12.7. The maximum Gasteiger partial charge on any atom is 0.472 e. The topological polar surface area (TPSA) is 134 Å². The molecule has 0 bridgehead atoms. The van der Waals surface area contributed by atoms with E-state index in [1.54, 1.807) is 0 Å². The Bertz CT molecular complexity index is 1810. The molecule has 9 nitrogen and oxygen atoms in total. The molecule has 434 valence electrons. The molecule has 0 saturated heterocycles. The molecule has 0 heterocycles. The van der Waals surface area contributed by atoms with Gasteiger partial charge in [0.2, 0.25) is 0 Å². The van der Waals surface area contributed by atoms with Gasteiger partial charge in [-0.25, -0.2) is 4.57 Å². The standard InChI is InChI=1S/C67H108NO8P/c1-3-5-7-9-11-13-15-17-19-21-23-25-26-27-28-29-30-31-32-33-34-35-36-37-38-40-42-44-46-48-50-52-54-56-58-60-67(70)76-65(64-75-77(71,72)74-62-61-68)63-73-66(69)59-57-55-53-51-49-47-45-43-41-39-24-22-20-18-16-14-12-10-8-6-4-2/h5-8,11-14,17-20,23-25,27-28,30-31,33-34,36-37,39-40,42,65H,3-4,9-10,15-16,21-22,26,29,32,35,38,41,43-64,68H2,1-2H3,(H,71,72)/b7-5-,8-6-,13-11-,14-12-,19-17-,20-18-,25-23-,28-27-,31-30-,34-33-,37-36-,39-24-,42-40-. The first-order valence-electron chi connectivity index (χ1n) is 30.0. The van der Waals surface area contributed by atoms with Crippen molar-refractivity contribution in [3.8, 4) is 0 Å². The highest BCUT2D eigenvalue weighted by Crippen LogP contribution is 2.43. The first-order valence-corrected chi connectivity index (χ1v) is 31.5. The van der Waals surface area contributed by atoms with E-state index in [1.165, 1.54) is 38.5 Å². The third-order valence-electron chi connectivity index (χ3n) is 11.9. The highest BCUT2D eigenvalue weighted by Gasteiger charge is 2.26. The summed E-state index contributed by atoms with van der Waals surface area (Å²) in [6.45, 7) is 3.47. The van der Waals surface area contributed by atoms with E-state index in [2.05, 4.69) is 172 Å². The summed E-state index contributed by atoms with van der Waals surface area (Å²) < 4.78 is 33.0. The van der Waals surface area contributed by atoms with Crippen molar-refractivity contribution in [3.05, 3.63) is 158 Å². The van der Waals surface area contributed by atoms with Gasteiger partial charge in [-0.1, -0.05) is 242 Å². The Morgan fingerprint density at radius 3 is 1.00 bits per heavy atom. The lowest BCUT2D eigenvalue weighted by molar-refractivity contribution is -0.161. The zero-order valence-corrected chi connectivity index (χ0v) is 49.3. The second-order valence-corrected chi connectivity index (χ2v) is 20.6. The van der Waals surface area contributed by atoms with Gasteiger partial charge in [0.05, 0.1) is 13.2 Å². The van der Waals surface area contributed by atoms with E-state index in [-0.39, 0.29) is 32.6 Å². The van der Waals surface area contributed by atoms with Crippen LogP contribution in [0, 0.1) is 0 Å². The van der Waals surface area contributed by atoms with Crippen molar-refractivity contribution in [2.24, 2.45) is 5.73 Å². The maximum atomic E-state index is 12.7. The van der Waals surface area contributed by atoms with Gasteiger partial charge in [0.25, 0.3) is 0 Å². The minimum absolute atomic E-state index is 0.0414. The largest absolute Gasteiger partial charge is 0.472 e. The fourth-order valence-electron chi connectivity index (χ4n) is 7.56. The average Bonchev–Trinajstić information content (AvgIpc) is 3.42. The zero-order chi connectivity index (χ0) is 55.9. The van der Waals surface area contributed by atoms with Crippen molar-refractivity contribution in [1.29, 1.82) is 0 Å². The molecular weight excluding hydrogens is 978 g/mol. The number of allylic oxidation sites excluding steroid dienone is 26. The fourth-order valence-corrected chi connectivity index (χ4v) is 8.32. The van der Waals surface area contributed by atoms with Gasteiger partial charge in [0, 0.05) is 19.4 Å². The van der Waals surface area contributed by atoms with E-state index in [1.807, 2.05) is 0 Å². The Morgan fingerprint density at radius 1 is 0.390 bits per heavy atom. The smallest absolute Gasteiger partial charge is 0.462 e. The van der Waals surface area contributed by atoms with Gasteiger partial charge in [-0.3, -0.25) is 18.6 Å². The van der Waals surface area contributed by atoms with Crippen molar-refractivity contribution in [2.75, 3.05) is 26.4 Å². The highest BCUT2D eigenvalue weighted by molar-refractivity contribution is 7.47. The first kappa shape index (κ1) is 72.6. The van der Waals surface area contributed by atoms with Gasteiger partial charge in [-0.15, -0.1) is 0 Å². The molecule has 0 aliphatic rings. The number of carbonyl (C=O) groups excluding carboxylic acids is 2. The summed E-state index contributed by atoms with van der Waals surface area (Å²) in [7, 11) is -4.41. The van der Waals surface area contributed by atoms with Crippen LogP contribution in [0.1, 0.15) is 219 Å². The van der Waals surface area contributed by atoms with Crippen molar-refractivity contribution >= 4 is 19.8 Å². The Hall–Kier alpha value is -4.37. The summed E-state index contributed by atoms with van der Waals surface area (Å²) in [6, 6.07) is 0. The Labute approximate surface area is 470 Å². The van der Waals surface area contributed by atoms with Crippen LogP contribution in [-0.2, 0) is 32.7 Å². The van der Waals surface area contributed by atoms with Gasteiger partial charge < -0.3 is 20.1 Å². The first-order chi connectivity index (χ1) is 37.8. The van der Waals surface area contributed by atoms with E-state index in [4.69, 9.17) is 24.3 Å². The van der Waals surface area contributed by atoms with Gasteiger partial charge in [-0.05, 0) is 122 Å². The predicted octanol–water partition coefficient (Wildman–Crippen LogP) is 19.3. The molecule has 0 spiro atoms. The monoisotopic (exact) mass is 1090 g/mol. The number of phosphoric ester groups is 1. The molecule has 0 aromatic heterocycles. The van der Waals surface area contributed by atoms with Crippen molar-refractivity contribution < 1.29 is 37.6 Å². The number of rotatable bonds is 54. The normalized spacial score (nSPS) is 14.2. The van der Waals surface area contributed by atoms with Gasteiger partial charge >= 0.3 is 19.8 Å². The van der Waals surface area contributed by atoms with Crippen LogP contribution in [0.15, 0.2) is 158 Å². The number of nitrogens with two attached hydrogens (primary N) is 1. The molecule has 2 atom stereocenters. The third-order valence-corrected chi connectivity index (χ3v) is 12.9. The van der Waals surface area contributed by atoms with Gasteiger partial charge in [-0.2, -0.15) is 0 Å². The van der Waals surface area contributed by atoms with Crippen LogP contribution >= 0.6 is 7.82 Å². The van der Waals surface area contributed by atoms with Crippen LogP contribution < -0.4 is 5.73 Å². The average molecular weight is 1090 g/mol. The Balaban J connectivity index is 4.06. The van der Waals surface area contributed by atoms with Crippen LogP contribution in [-0.4, -0.2) is 49.3 Å². The van der Waals surface area contributed by atoms with E-state index >= 15 is 0 Å². The number of hydrogen-bond acceptors (Lipinski definition) is 8. The molecule has 0 radical (unpaired) electrons. The molecule has 0 amide bonds. The van der Waals surface area contributed by atoms with Crippen molar-refractivity contribution in [3.63, 3.8) is 0 Å². The predicted molar refractivity (Wildman–Crippen MR) is 330 cm³/mol. The van der Waals surface area contributed by atoms with Crippen LogP contribution in [0.25, 0.3) is 0 Å². The third kappa shape index (κ3) is 60.7. The number of hydrogen-bond donors (Lipinski definition) is 2. The summed E-state index contributed by atoms with van der Waals surface area (Å²) in [6.07, 6.45) is 88.6. The molecule has 0 aliphatic heterocycles. The molecular formula is C67H108NO8P. The number of ether oxygens (including phenoxy) is 2. The number of esters is 2. The molecule has 10 heteroatoms. The lowest BCUT2D eigenvalue weighted by atomic mass is 10.1. The molecule has 0 aliphatic carbocycles. The summed E-state index contributed by atoms with van der Waals surface area (Å²) in [5.41, 5.74) is 5.38. The molecule has 0 aromatic rings. The van der Waals surface area contributed by atoms with E-state index in [0.29, 0.717) is 12.8 Å². The molecule has 77 heavy (non-hydrogen) atoms. The number of unbranched alkanes of at least 4 members (excludes halogenated alkanes) is 15. The molecule has 0 rings (SSSR count). The second-order valence-electron chi connectivity index (χ2n) is 19.1. The lowest BCUT2D eigenvalue weighted by Crippen LogP contribution is -2.29. The summed E-state index contributed by atoms with van der Waals surface area (Å²) in [4.78, 5) is 35.2. The van der Waals surface area contributed by atoms with Crippen LogP contribution in [0.2, 0.25) is 0 Å². The quantitative estimate of drug-likeness (QED) is 0.0264. The Kier molecular flexibility index (Phi) is 57.4. The summed E-state index contributed by atoms with van der Waals surface area (Å²) in [5.74, 6) is -0.861. The van der Waals surface area contributed by atoms with Crippen LogP contribution in [0.4, 0.5) is 0 Å². The van der Waals surface area contributed by atoms with E-state index < -0.39 is 32.5 Å². The molecule has 0 fully saturated rings. The second kappa shape index (κ2) is 60.9. The SMILES string of the molecule is CC/C=C\C/C=C\C/C=C\C/C=C\C/C=C\C/C=C\C/C=C\C/C=C\C/C=C\CCCCCCCCCC(=O)OC(COC(=O)CCCCCCCCCC/C=C\C/C=C\C/C=C\C/C=C\CC)COP(=O)(O)OCCN. The van der Waals surface area contributed by atoms with Crippen molar-refractivity contribution in [1.82, 2.24) is 0 Å². The van der Waals surface area contributed by atoms with Gasteiger partial charge in [0.1, 0.15) is 6.61 Å². The molecule has 0 aromatic carbocycles. The summed E-state index contributed by atoms with van der Waals surface area (Å²) >= 11 is 0. The zero-order valence-electron chi connectivity index (χ0n) is 48.4. The molecule has 2 unspecified atom stereocenters. The molecule has 3 N–H and O–H groups in total. The number of carbonyl (C=O) groups is 2. The van der Waals surface area contributed by atoms with E-state index in [0.717, 1.165) is 141 Å². The van der Waals surface area contributed by atoms with Gasteiger partial charge in [0.15, 0.2) is 6.10 Å². The highest BCUT2D eigenvalue weighted by atomic mass is 31.2. The summed E-state index contributed by atoms with van der Waals surface area (Å²) in [5, 5.41) is 0. The van der Waals surface area contributed by atoms with E-state index in [9.17, 15) is 19.0 Å². The number of phosphoric acid groups is 1. The van der Waals surface area contributed by atoms with Crippen LogP contribution in [0.5, 0.6) is 0 Å². The minimum Gasteiger partial charge on any atom is -0.462 e. The minimum atomic E-state index is -4.41. The lowest BCUT2D eigenvalue weighted by Gasteiger charge is -2.19. The Morgan fingerprint density at radius 2 is 0.675 bits per heavy atom. The van der Waals surface area contributed by atoms with Crippen LogP contribution in [0.3, 0.4) is 0 Å². The molecule has 0 saturated carbocycles. The van der Waals surface area contributed by atoms with Crippen molar-refractivity contribution in [2.45, 2.75) is 225 Å².